The SMILES string of the molecule is CCCCOC(=O)c1cc2cc(C)ccc2s1. The summed E-state index contributed by atoms with van der Waals surface area (Å²) in [5.74, 6) is -0.197. The first kappa shape index (κ1) is 12.1. The maximum atomic E-state index is 11.8. The van der Waals surface area contributed by atoms with Gasteiger partial charge in [-0.15, -0.1) is 11.3 Å². The number of unbranched alkanes of at least 4 members (excludes halogenated alkanes) is 1. The molecule has 2 rings (SSSR count). The normalized spacial score (nSPS) is 10.7. The minimum absolute atomic E-state index is 0.197. The Morgan fingerprint density at radius 1 is 1.35 bits per heavy atom. The number of aryl methyl sites for hydroxylation is 1. The van der Waals surface area contributed by atoms with Crippen molar-refractivity contribution in [2.45, 2.75) is 26.7 Å². The van der Waals surface area contributed by atoms with Gasteiger partial charge in [-0.1, -0.05) is 31.0 Å². The van der Waals surface area contributed by atoms with Crippen LogP contribution in [-0.4, -0.2) is 12.6 Å². The van der Waals surface area contributed by atoms with Crippen LogP contribution in [-0.2, 0) is 4.74 Å². The molecule has 0 atom stereocenters. The Kier molecular flexibility index (Phi) is 3.79. The van der Waals surface area contributed by atoms with Crippen LogP contribution in [0, 0.1) is 6.92 Å². The number of hydrogen-bond donors (Lipinski definition) is 0. The molecule has 1 heterocycles. The Balaban J connectivity index is 2.15. The second-order valence-electron chi connectivity index (χ2n) is 4.14. The Labute approximate surface area is 105 Å². The highest BCUT2D eigenvalue weighted by atomic mass is 32.1. The second-order valence-corrected chi connectivity index (χ2v) is 5.23. The lowest BCUT2D eigenvalue weighted by molar-refractivity contribution is 0.0505. The first-order valence-corrected chi connectivity index (χ1v) is 6.69. The van der Waals surface area contributed by atoms with E-state index >= 15 is 0 Å². The molecule has 0 saturated carbocycles. The van der Waals surface area contributed by atoms with Crippen molar-refractivity contribution in [3.05, 3.63) is 34.7 Å². The molecule has 0 bridgehead atoms. The summed E-state index contributed by atoms with van der Waals surface area (Å²) >= 11 is 1.50. The molecule has 2 nitrogen and oxygen atoms in total. The molecule has 17 heavy (non-hydrogen) atoms. The van der Waals surface area contributed by atoms with Crippen molar-refractivity contribution in [2.24, 2.45) is 0 Å². The quantitative estimate of drug-likeness (QED) is 0.599. The molecular weight excluding hydrogens is 232 g/mol. The third kappa shape index (κ3) is 2.86. The van der Waals surface area contributed by atoms with Crippen molar-refractivity contribution in [1.29, 1.82) is 0 Å². The molecule has 0 aliphatic heterocycles. The van der Waals surface area contributed by atoms with Gasteiger partial charge in [-0.25, -0.2) is 4.79 Å². The van der Waals surface area contributed by atoms with Gasteiger partial charge in [0.15, 0.2) is 0 Å². The van der Waals surface area contributed by atoms with Gasteiger partial charge in [0.2, 0.25) is 0 Å². The van der Waals surface area contributed by atoms with E-state index in [2.05, 4.69) is 32.0 Å². The molecule has 0 saturated heterocycles. The third-order valence-electron chi connectivity index (χ3n) is 2.60. The van der Waals surface area contributed by atoms with E-state index in [0.717, 1.165) is 22.9 Å². The van der Waals surface area contributed by atoms with Crippen LogP contribution in [0.25, 0.3) is 10.1 Å². The van der Waals surface area contributed by atoms with E-state index in [1.807, 2.05) is 6.07 Å². The van der Waals surface area contributed by atoms with Crippen molar-refractivity contribution in [1.82, 2.24) is 0 Å². The highest BCUT2D eigenvalue weighted by Crippen LogP contribution is 2.26. The van der Waals surface area contributed by atoms with E-state index in [1.54, 1.807) is 0 Å². The molecular formula is C14H16O2S. The number of carbonyl (C=O) groups is 1. The number of fused-ring (bicyclic) bond motifs is 1. The van der Waals surface area contributed by atoms with Crippen molar-refractivity contribution in [3.63, 3.8) is 0 Å². The monoisotopic (exact) mass is 248 g/mol. The molecule has 1 aromatic heterocycles. The third-order valence-corrected chi connectivity index (χ3v) is 3.70. The molecule has 0 radical (unpaired) electrons. The predicted molar refractivity (Wildman–Crippen MR) is 71.8 cm³/mol. The van der Waals surface area contributed by atoms with Crippen LogP contribution in [0.5, 0.6) is 0 Å². The van der Waals surface area contributed by atoms with Crippen LogP contribution in [0.3, 0.4) is 0 Å². The van der Waals surface area contributed by atoms with Crippen LogP contribution >= 0.6 is 11.3 Å². The lowest BCUT2D eigenvalue weighted by Crippen LogP contribution is -2.03. The van der Waals surface area contributed by atoms with E-state index in [0.29, 0.717) is 11.5 Å². The molecule has 2 aromatic rings. The van der Waals surface area contributed by atoms with E-state index in [-0.39, 0.29) is 5.97 Å². The fourth-order valence-corrected chi connectivity index (χ4v) is 2.58. The van der Waals surface area contributed by atoms with Gasteiger partial charge in [0.05, 0.1) is 6.61 Å². The van der Waals surface area contributed by atoms with Crippen molar-refractivity contribution in [3.8, 4) is 0 Å². The average Bonchev–Trinajstić information content (AvgIpc) is 2.72. The topological polar surface area (TPSA) is 26.3 Å². The summed E-state index contributed by atoms with van der Waals surface area (Å²) in [5, 5.41) is 1.12. The largest absolute Gasteiger partial charge is 0.462 e. The minimum atomic E-state index is -0.197. The molecule has 0 spiro atoms. The number of hydrogen-bond acceptors (Lipinski definition) is 3. The van der Waals surface area contributed by atoms with E-state index in [9.17, 15) is 4.79 Å². The Morgan fingerprint density at radius 2 is 2.18 bits per heavy atom. The van der Waals surface area contributed by atoms with Crippen molar-refractivity contribution >= 4 is 27.4 Å². The number of esters is 1. The van der Waals surface area contributed by atoms with Crippen LogP contribution in [0.2, 0.25) is 0 Å². The molecule has 90 valence electrons. The maximum Gasteiger partial charge on any atom is 0.348 e. The lowest BCUT2D eigenvalue weighted by atomic mass is 10.2. The van der Waals surface area contributed by atoms with Crippen molar-refractivity contribution < 1.29 is 9.53 Å². The fourth-order valence-electron chi connectivity index (χ4n) is 1.64. The molecule has 3 heteroatoms. The minimum Gasteiger partial charge on any atom is -0.462 e. The highest BCUT2D eigenvalue weighted by molar-refractivity contribution is 7.20. The van der Waals surface area contributed by atoms with Gasteiger partial charge in [-0.2, -0.15) is 0 Å². The zero-order chi connectivity index (χ0) is 12.3. The van der Waals surface area contributed by atoms with Crippen molar-refractivity contribution in [2.75, 3.05) is 6.61 Å². The van der Waals surface area contributed by atoms with Crippen LogP contribution in [0.4, 0.5) is 0 Å². The number of ether oxygens (including phenoxy) is 1. The number of carbonyl (C=O) groups excluding carboxylic acids is 1. The molecule has 0 fully saturated rings. The Bertz CT molecular complexity index is 528. The second kappa shape index (κ2) is 5.32. The van der Waals surface area contributed by atoms with Crippen LogP contribution in [0.1, 0.15) is 35.0 Å². The zero-order valence-electron chi connectivity index (χ0n) is 10.2. The van der Waals surface area contributed by atoms with Gasteiger partial charge in [0.25, 0.3) is 0 Å². The molecule has 0 aliphatic rings. The van der Waals surface area contributed by atoms with Gasteiger partial charge >= 0.3 is 5.97 Å². The summed E-state index contributed by atoms with van der Waals surface area (Å²) in [6.45, 7) is 4.65. The highest BCUT2D eigenvalue weighted by Gasteiger charge is 2.11. The van der Waals surface area contributed by atoms with E-state index < -0.39 is 0 Å². The fraction of sp³-hybridized carbons (Fsp3) is 0.357. The summed E-state index contributed by atoms with van der Waals surface area (Å²) in [6, 6.07) is 8.12. The summed E-state index contributed by atoms with van der Waals surface area (Å²) in [6.07, 6.45) is 1.97. The Hall–Kier alpha value is -1.35. The number of rotatable bonds is 4. The summed E-state index contributed by atoms with van der Waals surface area (Å²) in [7, 11) is 0. The summed E-state index contributed by atoms with van der Waals surface area (Å²) < 4.78 is 6.34. The summed E-state index contributed by atoms with van der Waals surface area (Å²) in [5.41, 5.74) is 1.21. The predicted octanol–water partition coefficient (Wildman–Crippen LogP) is 4.17. The first-order valence-electron chi connectivity index (χ1n) is 5.88. The van der Waals surface area contributed by atoms with Crippen LogP contribution < -0.4 is 0 Å². The smallest absolute Gasteiger partial charge is 0.348 e. The standard InChI is InChI=1S/C14H16O2S/c1-3-4-7-16-14(15)13-9-11-8-10(2)5-6-12(11)17-13/h5-6,8-9H,3-4,7H2,1-2H3. The Morgan fingerprint density at radius 3 is 2.94 bits per heavy atom. The molecule has 0 aliphatic carbocycles. The molecule has 0 unspecified atom stereocenters. The van der Waals surface area contributed by atoms with Gasteiger partial charge in [-0.3, -0.25) is 0 Å². The lowest BCUT2D eigenvalue weighted by Gasteiger charge is -2.00. The molecule has 1 aromatic carbocycles. The van der Waals surface area contributed by atoms with E-state index in [1.165, 1.54) is 16.9 Å². The van der Waals surface area contributed by atoms with Gasteiger partial charge in [0, 0.05) is 4.70 Å². The zero-order valence-corrected chi connectivity index (χ0v) is 11.0. The summed E-state index contributed by atoms with van der Waals surface area (Å²) in [4.78, 5) is 12.5. The average molecular weight is 248 g/mol. The number of thiophene rings is 1. The van der Waals surface area contributed by atoms with Gasteiger partial charge < -0.3 is 4.74 Å². The van der Waals surface area contributed by atoms with Gasteiger partial charge in [-0.05, 0) is 30.9 Å². The molecule has 0 N–H and O–H groups in total. The van der Waals surface area contributed by atoms with Crippen LogP contribution in [0.15, 0.2) is 24.3 Å². The maximum absolute atomic E-state index is 11.8. The number of benzene rings is 1. The van der Waals surface area contributed by atoms with Gasteiger partial charge in [0.1, 0.15) is 4.88 Å². The molecule has 0 amide bonds. The van der Waals surface area contributed by atoms with E-state index in [4.69, 9.17) is 4.74 Å². The first-order chi connectivity index (χ1) is 8.20.